The minimum Gasteiger partial charge on any atom is -0.258 e. The molecule has 1 aromatic rings. The summed E-state index contributed by atoms with van der Waals surface area (Å²) in [5, 5.41) is 10.5. The maximum Gasteiger partial charge on any atom is 0.423 e. The number of nitro groups is 1. The number of alkyl halides is 6. The number of nitrogens with zero attached hydrogens (tertiary/aromatic N) is 1. The highest BCUT2D eigenvalue weighted by molar-refractivity contribution is 8.13. The molecule has 0 aromatic heterocycles. The van der Waals surface area contributed by atoms with Crippen molar-refractivity contribution in [1.29, 1.82) is 0 Å². The molecule has 21 heavy (non-hydrogen) atoms. The number of rotatable bonds is 2. The fourth-order valence-corrected chi connectivity index (χ4v) is 2.57. The van der Waals surface area contributed by atoms with Gasteiger partial charge in [-0.3, -0.25) is 10.1 Å². The molecule has 0 heterocycles. The lowest BCUT2D eigenvalue weighted by atomic mass is 10.0. The van der Waals surface area contributed by atoms with Gasteiger partial charge in [0.25, 0.3) is 14.7 Å². The highest BCUT2D eigenvalue weighted by atomic mass is 35.7. The van der Waals surface area contributed by atoms with E-state index < -0.39 is 48.0 Å². The summed E-state index contributed by atoms with van der Waals surface area (Å²) in [6, 6.07) is -0.00808. The Morgan fingerprint density at radius 3 is 1.71 bits per heavy atom. The Bertz CT molecular complexity index is 696. The van der Waals surface area contributed by atoms with Crippen molar-refractivity contribution < 1.29 is 39.7 Å². The normalized spacial score (nSPS) is 13.3. The van der Waals surface area contributed by atoms with E-state index in [0.717, 1.165) is 0 Å². The van der Waals surface area contributed by atoms with Gasteiger partial charge in [-0.25, -0.2) is 8.42 Å². The molecule has 13 heteroatoms. The summed E-state index contributed by atoms with van der Waals surface area (Å²) in [7, 11) is -0.553. The highest BCUT2D eigenvalue weighted by Gasteiger charge is 2.51. The van der Waals surface area contributed by atoms with E-state index in [1.165, 1.54) is 0 Å². The first-order chi connectivity index (χ1) is 9.17. The van der Waals surface area contributed by atoms with Crippen LogP contribution in [0.4, 0.5) is 32.0 Å². The molecule has 0 bridgehead atoms. The summed E-state index contributed by atoms with van der Waals surface area (Å²) in [5.74, 6) is 0. The van der Waals surface area contributed by atoms with Gasteiger partial charge in [0.2, 0.25) is 0 Å². The predicted molar refractivity (Wildman–Crippen MR) is 56.1 cm³/mol. The third-order valence-electron chi connectivity index (χ3n) is 2.17. The van der Waals surface area contributed by atoms with Crippen molar-refractivity contribution in [2.75, 3.05) is 0 Å². The van der Waals surface area contributed by atoms with E-state index in [-0.39, 0.29) is 12.1 Å². The maximum absolute atomic E-state index is 12.8. The minimum atomic E-state index is -5.83. The number of halogens is 7. The Labute approximate surface area is 116 Å². The molecule has 5 nitrogen and oxygen atoms in total. The average molecular weight is 358 g/mol. The average Bonchev–Trinajstić information content (AvgIpc) is 2.23. The van der Waals surface area contributed by atoms with Gasteiger partial charge in [0, 0.05) is 16.7 Å². The largest absolute Gasteiger partial charge is 0.423 e. The van der Waals surface area contributed by atoms with E-state index >= 15 is 0 Å². The van der Waals surface area contributed by atoms with Crippen molar-refractivity contribution in [3.05, 3.63) is 33.4 Å². The van der Waals surface area contributed by atoms with E-state index in [9.17, 15) is 44.9 Å². The number of hydrogen-bond acceptors (Lipinski definition) is 4. The molecule has 0 aliphatic heterocycles. The molecule has 0 radical (unpaired) electrons. The summed E-state index contributed by atoms with van der Waals surface area (Å²) < 4.78 is 98.5. The summed E-state index contributed by atoms with van der Waals surface area (Å²) in [6.07, 6.45) is -11.6. The molecule has 1 aromatic carbocycles. The van der Waals surface area contributed by atoms with Crippen molar-refractivity contribution in [2.45, 2.75) is 17.2 Å². The Balaban J connectivity index is 4.08. The van der Waals surface area contributed by atoms with Crippen LogP contribution in [0, 0.1) is 10.1 Å². The highest BCUT2D eigenvalue weighted by Crippen LogP contribution is 2.47. The lowest BCUT2D eigenvalue weighted by Gasteiger charge is -2.17. The lowest BCUT2D eigenvalue weighted by Crippen LogP contribution is -2.21. The van der Waals surface area contributed by atoms with E-state index in [2.05, 4.69) is 10.7 Å². The molecule has 118 valence electrons. The third kappa shape index (κ3) is 3.56. The van der Waals surface area contributed by atoms with Crippen LogP contribution in [0.2, 0.25) is 0 Å². The molecule has 0 atom stereocenters. The molecule has 0 saturated carbocycles. The quantitative estimate of drug-likeness (QED) is 0.351. The van der Waals surface area contributed by atoms with Crippen LogP contribution in [0.15, 0.2) is 17.0 Å². The van der Waals surface area contributed by atoms with Crippen molar-refractivity contribution in [2.24, 2.45) is 0 Å². The SMILES string of the molecule is O=[N+]([O-])c1ccc(S(=O)(=O)Cl)c(C(F)(F)F)c1C(F)(F)F. The predicted octanol–water partition coefficient (Wildman–Crippen LogP) is 3.56. The third-order valence-corrected chi connectivity index (χ3v) is 3.54. The first-order valence-electron chi connectivity index (χ1n) is 4.58. The molecule has 0 aliphatic carbocycles. The second kappa shape index (κ2) is 5.02. The van der Waals surface area contributed by atoms with E-state index in [1.54, 1.807) is 0 Å². The van der Waals surface area contributed by atoms with E-state index in [4.69, 9.17) is 0 Å². The van der Waals surface area contributed by atoms with Crippen LogP contribution >= 0.6 is 10.7 Å². The molecule has 0 saturated heterocycles. The number of benzene rings is 1. The zero-order valence-corrected chi connectivity index (χ0v) is 10.9. The summed E-state index contributed by atoms with van der Waals surface area (Å²) in [4.78, 5) is 6.85. The molecule has 0 unspecified atom stereocenters. The smallest absolute Gasteiger partial charge is 0.258 e. The minimum absolute atomic E-state index is 0.00146. The molecular weight excluding hydrogens is 356 g/mol. The van der Waals surface area contributed by atoms with E-state index in [1.807, 2.05) is 0 Å². The molecule has 0 spiro atoms. The van der Waals surface area contributed by atoms with Gasteiger partial charge in [-0.2, -0.15) is 26.3 Å². The molecule has 0 amide bonds. The first kappa shape index (κ1) is 17.5. The summed E-state index contributed by atoms with van der Waals surface area (Å²) >= 11 is 0. The maximum atomic E-state index is 12.8. The Morgan fingerprint density at radius 1 is 1.00 bits per heavy atom. The van der Waals surface area contributed by atoms with Gasteiger partial charge in [-0.05, 0) is 6.07 Å². The monoisotopic (exact) mass is 357 g/mol. The van der Waals surface area contributed by atoms with Gasteiger partial charge in [0.05, 0.1) is 15.4 Å². The van der Waals surface area contributed by atoms with Crippen molar-refractivity contribution >= 4 is 25.4 Å². The number of nitro benzene ring substituents is 1. The number of hydrogen-bond donors (Lipinski definition) is 0. The Morgan fingerprint density at radius 2 is 1.43 bits per heavy atom. The van der Waals surface area contributed by atoms with Gasteiger partial charge < -0.3 is 0 Å². The van der Waals surface area contributed by atoms with Crippen molar-refractivity contribution in [3.8, 4) is 0 Å². The molecule has 0 N–H and O–H groups in total. The van der Waals surface area contributed by atoms with Crippen LogP contribution in [-0.2, 0) is 21.4 Å². The van der Waals surface area contributed by atoms with Crippen molar-refractivity contribution in [1.82, 2.24) is 0 Å². The Hall–Kier alpha value is -1.56. The summed E-state index contributed by atoms with van der Waals surface area (Å²) in [5.41, 5.74) is -7.38. The van der Waals surface area contributed by atoms with Crippen LogP contribution in [0.5, 0.6) is 0 Å². The van der Waals surface area contributed by atoms with Gasteiger partial charge in [0.1, 0.15) is 5.56 Å². The molecule has 0 aliphatic rings. The van der Waals surface area contributed by atoms with Crippen LogP contribution in [0.25, 0.3) is 0 Å². The van der Waals surface area contributed by atoms with Crippen molar-refractivity contribution in [3.63, 3.8) is 0 Å². The second-order valence-electron chi connectivity index (χ2n) is 3.52. The lowest BCUT2D eigenvalue weighted by molar-refractivity contribution is -0.388. The fraction of sp³-hybridized carbons (Fsp3) is 0.250. The van der Waals surface area contributed by atoms with Crippen LogP contribution in [-0.4, -0.2) is 13.3 Å². The standard InChI is InChI=1S/C8H2ClF6NO4S/c9-21(19,20)4-2-1-3(16(17)18)5(7(10,11)12)6(4)8(13,14)15/h1-2H. The topological polar surface area (TPSA) is 77.3 Å². The van der Waals surface area contributed by atoms with Gasteiger partial charge in [-0.15, -0.1) is 0 Å². The summed E-state index contributed by atoms with van der Waals surface area (Å²) in [6.45, 7) is 0. The van der Waals surface area contributed by atoms with Gasteiger partial charge in [0.15, 0.2) is 0 Å². The second-order valence-corrected chi connectivity index (χ2v) is 6.06. The molecule has 0 fully saturated rings. The van der Waals surface area contributed by atoms with E-state index in [0.29, 0.717) is 0 Å². The van der Waals surface area contributed by atoms with Crippen LogP contribution in [0.1, 0.15) is 11.1 Å². The molecule has 1 rings (SSSR count). The van der Waals surface area contributed by atoms with Gasteiger partial charge in [-0.1, -0.05) is 0 Å². The van der Waals surface area contributed by atoms with Gasteiger partial charge >= 0.3 is 12.4 Å². The van der Waals surface area contributed by atoms with Crippen LogP contribution in [0.3, 0.4) is 0 Å². The zero-order valence-electron chi connectivity index (χ0n) is 9.29. The van der Waals surface area contributed by atoms with Crippen LogP contribution < -0.4 is 0 Å². The first-order valence-corrected chi connectivity index (χ1v) is 6.88. The molecular formula is C8H2ClF6NO4S. The Kier molecular flexibility index (Phi) is 4.18. The fourth-order valence-electron chi connectivity index (χ4n) is 1.50. The zero-order chi connectivity index (χ0) is 16.8.